The minimum Gasteiger partial charge on any atom is -0.297 e. The summed E-state index contributed by atoms with van der Waals surface area (Å²) in [7, 11) is 0. The Bertz CT molecular complexity index is 1110. The van der Waals surface area contributed by atoms with Gasteiger partial charge >= 0.3 is 5.91 Å². The summed E-state index contributed by atoms with van der Waals surface area (Å²) in [5.74, 6) is 0.578. The van der Waals surface area contributed by atoms with E-state index >= 15 is 0 Å². The van der Waals surface area contributed by atoms with E-state index in [9.17, 15) is 9.59 Å². The summed E-state index contributed by atoms with van der Waals surface area (Å²) in [4.78, 5) is 32.5. The largest absolute Gasteiger partial charge is 0.340 e. The number of carbonyl (C=O) groups excluding carboxylic acids is 2. The minimum atomic E-state index is -0.141. The van der Waals surface area contributed by atoms with Crippen LogP contribution in [-0.2, 0) is 16.1 Å². The molecule has 0 bridgehead atoms. The molecule has 2 aliphatic carbocycles. The van der Waals surface area contributed by atoms with Gasteiger partial charge in [0.2, 0.25) is 0 Å². The van der Waals surface area contributed by atoms with Crippen molar-refractivity contribution in [2.75, 3.05) is 32.7 Å². The molecule has 34 heavy (non-hydrogen) atoms. The Balaban J connectivity index is 1.26. The number of quaternary nitrogens is 1. The lowest BCUT2D eigenvalue weighted by Crippen LogP contribution is -2.61. The number of amides is 1. The smallest absolute Gasteiger partial charge is 0.297 e. The molecule has 1 amide bonds. The molecule has 3 aliphatic heterocycles. The lowest BCUT2D eigenvalue weighted by molar-refractivity contribution is -0.777. The minimum absolute atomic E-state index is 0.141. The van der Waals surface area contributed by atoms with Crippen LogP contribution in [-0.4, -0.2) is 64.7 Å². The second-order valence-corrected chi connectivity index (χ2v) is 10.6. The van der Waals surface area contributed by atoms with Crippen LogP contribution < -0.4 is 0 Å². The highest BCUT2D eigenvalue weighted by Crippen LogP contribution is 2.54. The standard InChI is InChI=1S/C29H36N3O2/c1-21(31-17-15-30(16-18-31)20-22-8-3-2-4-9-22)29(34)32-19-7-10-23-13-14-26(33)27(28(23)32)24-11-5-6-12-25(24)32/h2-4,8-10,21H,5-7,11-20H2,1H3/q+1. The van der Waals surface area contributed by atoms with Crippen LogP contribution in [0.15, 0.2) is 64.5 Å². The summed E-state index contributed by atoms with van der Waals surface area (Å²) >= 11 is 0. The average Bonchev–Trinajstić information content (AvgIpc) is 3.20. The molecule has 0 saturated carbocycles. The first-order chi connectivity index (χ1) is 16.6. The molecule has 1 saturated heterocycles. The highest BCUT2D eigenvalue weighted by Gasteiger charge is 2.58. The Morgan fingerprint density at radius 3 is 2.56 bits per heavy atom. The maximum Gasteiger partial charge on any atom is 0.340 e. The fourth-order valence-electron chi connectivity index (χ4n) is 7.10. The Labute approximate surface area is 203 Å². The van der Waals surface area contributed by atoms with E-state index in [1.807, 2.05) is 0 Å². The maximum atomic E-state index is 14.5. The molecule has 2 atom stereocenters. The molecule has 1 fully saturated rings. The molecule has 0 aromatic heterocycles. The van der Waals surface area contributed by atoms with Gasteiger partial charge in [-0.2, -0.15) is 4.48 Å². The van der Waals surface area contributed by atoms with Gasteiger partial charge in [0.05, 0.1) is 12.1 Å². The molecule has 1 aromatic rings. The topological polar surface area (TPSA) is 40.6 Å². The third kappa shape index (κ3) is 3.40. The molecule has 5 nitrogen and oxygen atoms in total. The quantitative estimate of drug-likeness (QED) is 0.630. The molecular formula is C29H36N3O2+. The van der Waals surface area contributed by atoms with Crippen molar-refractivity contribution >= 4 is 11.7 Å². The number of allylic oxidation sites excluding steroid dienone is 4. The number of carbonyl (C=O) groups is 2. The summed E-state index contributed by atoms with van der Waals surface area (Å²) < 4.78 is 0.369. The number of fused-ring (bicyclic) bond motifs is 2. The molecular weight excluding hydrogens is 422 g/mol. The van der Waals surface area contributed by atoms with Crippen LogP contribution in [0.3, 0.4) is 0 Å². The van der Waals surface area contributed by atoms with Gasteiger partial charge in [-0.25, -0.2) is 4.79 Å². The lowest BCUT2D eigenvalue weighted by atomic mass is 9.84. The van der Waals surface area contributed by atoms with Crippen molar-refractivity contribution in [2.24, 2.45) is 0 Å². The zero-order valence-corrected chi connectivity index (χ0v) is 20.4. The van der Waals surface area contributed by atoms with E-state index in [1.54, 1.807) is 0 Å². The first-order valence-corrected chi connectivity index (χ1v) is 13.2. The maximum absolute atomic E-state index is 14.5. The predicted molar refractivity (Wildman–Crippen MR) is 132 cm³/mol. The molecule has 0 radical (unpaired) electrons. The number of piperazine rings is 1. The SMILES string of the molecule is CC(C(=O)[N+]12CCC=C3CCC(=O)C(=C31)C1=C2CCCC1)N1CCN(Cc2ccccc2)CC1. The Morgan fingerprint density at radius 1 is 1.00 bits per heavy atom. The van der Waals surface area contributed by atoms with Gasteiger partial charge in [0, 0.05) is 63.1 Å². The molecule has 6 rings (SSSR count). The van der Waals surface area contributed by atoms with Crippen LogP contribution in [0, 0.1) is 0 Å². The number of rotatable bonds is 4. The summed E-state index contributed by atoms with van der Waals surface area (Å²) in [6.45, 7) is 7.69. The second kappa shape index (κ2) is 8.71. The first-order valence-electron chi connectivity index (χ1n) is 13.2. The fourth-order valence-corrected chi connectivity index (χ4v) is 7.10. The molecule has 5 heteroatoms. The average molecular weight is 459 g/mol. The zero-order chi connectivity index (χ0) is 23.3. The van der Waals surface area contributed by atoms with E-state index in [-0.39, 0.29) is 11.8 Å². The molecule has 0 N–H and O–H groups in total. The van der Waals surface area contributed by atoms with Gasteiger partial charge in [-0.15, -0.1) is 0 Å². The molecule has 1 aromatic carbocycles. The van der Waals surface area contributed by atoms with Crippen molar-refractivity contribution < 1.29 is 14.1 Å². The number of Topliss-reactive ketones (excluding diaryl/α,β-unsaturated/α-hetero) is 1. The van der Waals surface area contributed by atoms with Crippen molar-refractivity contribution in [3.05, 3.63) is 70.1 Å². The predicted octanol–water partition coefficient (Wildman–Crippen LogP) is 4.32. The highest BCUT2D eigenvalue weighted by molar-refractivity contribution is 6.04. The molecule has 5 aliphatic rings. The number of nitrogens with zero attached hydrogens (tertiary/aromatic N) is 3. The summed E-state index contributed by atoms with van der Waals surface area (Å²) in [6, 6.07) is 10.5. The number of benzene rings is 1. The van der Waals surface area contributed by atoms with Gasteiger partial charge in [0.1, 0.15) is 11.7 Å². The summed E-state index contributed by atoms with van der Waals surface area (Å²) in [5.41, 5.74) is 7.18. The fraction of sp³-hybridized carbons (Fsp3) is 0.517. The van der Waals surface area contributed by atoms with E-state index < -0.39 is 0 Å². The molecule has 178 valence electrons. The zero-order valence-electron chi connectivity index (χ0n) is 20.4. The van der Waals surface area contributed by atoms with Gasteiger partial charge in [-0.1, -0.05) is 36.4 Å². The summed E-state index contributed by atoms with van der Waals surface area (Å²) in [5, 5.41) is 0. The second-order valence-electron chi connectivity index (χ2n) is 10.6. The molecule has 2 unspecified atom stereocenters. The van der Waals surface area contributed by atoms with Gasteiger partial charge < -0.3 is 0 Å². The number of hydrogen-bond acceptors (Lipinski definition) is 4. The van der Waals surface area contributed by atoms with Crippen LogP contribution >= 0.6 is 0 Å². The Kier molecular flexibility index (Phi) is 5.67. The summed E-state index contributed by atoms with van der Waals surface area (Å²) in [6.07, 6.45) is 8.85. The number of hydrogen-bond donors (Lipinski definition) is 0. The van der Waals surface area contributed by atoms with Crippen molar-refractivity contribution in [3.8, 4) is 0 Å². The first kappa shape index (κ1) is 22.1. The van der Waals surface area contributed by atoms with Crippen LogP contribution in [0.25, 0.3) is 0 Å². The monoisotopic (exact) mass is 458 g/mol. The van der Waals surface area contributed by atoms with Gasteiger partial charge in [0.15, 0.2) is 11.5 Å². The third-order valence-electron chi connectivity index (χ3n) is 8.82. The van der Waals surface area contributed by atoms with Crippen molar-refractivity contribution in [1.82, 2.24) is 9.80 Å². The van der Waals surface area contributed by atoms with Gasteiger partial charge in [-0.05, 0) is 38.2 Å². The van der Waals surface area contributed by atoms with E-state index in [1.165, 1.54) is 22.4 Å². The van der Waals surface area contributed by atoms with Gasteiger partial charge in [0.25, 0.3) is 0 Å². The van der Waals surface area contributed by atoms with Crippen LogP contribution in [0.5, 0.6) is 0 Å². The van der Waals surface area contributed by atoms with Crippen LogP contribution in [0.4, 0.5) is 0 Å². The Hall–Kier alpha value is -2.34. The Morgan fingerprint density at radius 2 is 1.76 bits per heavy atom. The van der Waals surface area contributed by atoms with Crippen molar-refractivity contribution in [2.45, 2.75) is 64.5 Å². The van der Waals surface area contributed by atoms with Crippen molar-refractivity contribution in [1.29, 1.82) is 0 Å². The lowest BCUT2D eigenvalue weighted by Gasteiger charge is -2.44. The van der Waals surface area contributed by atoms with E-state index in [0.29, 0.717) is 16.8 Å². The third-order valence-corrected chi connectivity index (χ3v) is 8.82. The van der Waals surface area contributed by atoms with Crippen LogP contribution in [0.1, 0.15) is 57.4 Å². The van der Waals surface area contributed by atoms with Crippen LogP contribution in [0.2, 0.25) is 0 Å². The number of ketones is 1. The molecule has 3 heterocycles. The van der Waals surface area contributed by atoms with Crippen molar-refractivity contribution in [3.63, 3.8) is 0 Å². The molecule has 0 spiro atoms. The van der Waals surface area contributed by atoms with E-state index in [2.05, 4.69) is 53.1 Å². The van der Waals surface area contributed by atoms with E-state index in [0.717, 1.165) is 89.1 Å². The van der Waals surface area contributed by atoms with E-state index in [4.69, 9.17) is 0 Å². The normalized spacial score (nSPS) is 28.5. The van der Waals surface area contributed by atoms with Gasteiger partial charge in [-0.3, -0.25) is 14.6 Å². The highest BCUT2D eigenvalue weighted by atomic mass is 16.2.